The molecule has 0 bridgehead atoms. The smallest absolute Gasteiger partial charge is 0.317 e. The first-order chi connectivity index (χ1) is 8.13. The van der Waals surface area contributed by atoms with E-state index in [-0.39, 0.29) is 5.84 Å². The van der Waals surface area contributed by atoms with Crippen LogP contribution in [0.5, 0.6) is 0 Å². The molecule has 17 heavy (non-hydrogen) atoms. The topological polar surface area (TPSA) is 96.0 Å². The quantitative estimate of drug-likeness (QED) is 0.190. The van der Waals surface area contributed by atoms with Crippen LogP contribution in [-0.2, 0) is 9.59 Å². The van der Waals surface area contributed by atoms with Crippen LogP contribution in [0.25, 0.3) is 0 Å². The number of rotatable bonds is 5. The molecule has 0 saturated carbocycles. The number of anilines is 1. The van der Waals surface area contributed by atoms with Crippen molar-refractivity contribution in [3.63, 3.8) is 0 Å². The highest BCUT2D eigenvalue weighted by atomic mass is 16.4. The molecule has 3 N–H and O–H groups in total. The van der Waals surface area contributed by atoms with Crippen LogP contribution in [0.1, 0.15) is 12.5 Å². The second-order valence-corrected chi connectivity index (χ2v) is 3.37. The summed E-state index contributed by atoms with van der Waals surface area (Å²) >= 11 is 0. The zero-order valence-corrected chi connectivity index (χ0v) is 9.20. The minimum absolute atomic E-state index is 0.0263. The molecule has 0 saturated heterocycles. The fourth-order valence-corrected chi connectivity index (χ4v) is 1.28. The molecule has 6 heteroatoms. The van der Waals surface area contributed by atoms with Crippen molar-refractivity contribution in [2.75, 3.05) is 4.90 Å². The predicted molar refractivity (Wildman–Crippen MR) is 62.7 cm³/mol. The maximum atomic E-state index is 10.7. The van der Waals surface area contributed by atoms with Crippen molar-refractivity contribution in [3.05, 3.63) is 29.8 Å². The van der Waals surface area contributed by atoms with Gasteiger partial charge in [0, 0.05) is 11.3 Å². The van der Waals surface area contributed by atoms with Crippen molar-refractivity contribution in [2.24, 2.45) is 10.9 Å². The third-order valence-corrected chi connectivity index (χ3v) is 2.25. The summed E-state index contributed by atoms with van der Waals surface area (Å²) in [7, 11) is 0. The van der Waals surface area contributed by atoms with Gasteiger partial charge in [-0.05, 0) is 31.2 Å². The first-order valence-electron chi connectivity index (χ1n) is 4.84. The molecule has 1 amide bonds. The standard InChI is InChI=1S/C11H12N3O3/c1-8(6-15)14(7-16)10-4-2-9(3-5-10)11(12)13-17/h2-6,8,17H,1H3,(H2,12,13). The number of hydrogen-bond donors (Lipinski definition) is 2. The average molecular weight is 234 g/mol. The zero-order valence-electron chi connectivity index (χ0n) is 9.20. The Morgan fingerprint density at radius 3 is 2.53 bits per heavy atom. The second-order valence-electron chi connectivity index (χ2n) is 3.37. The monoisotopic (exact) mass is 234 g/mol. The zero-order chi connectivity index (χ0) is 12.8. The van der Waals surface area contributed by atoms with E-state index in [0.717, 1.165) is 4.90 Å². The molecule has 89 valence electrons. The molecule has 1 rings (SSSR count). The third kappa shape index (κ3) is 2.81. The molecule has 0 aliphatic rings. The van der Waals surface area contributed by atoms with E-state index in [1.54, 1.807) is 37.6 Å². The lowest BCUT2D eigenvalue weighted by atomic mass is 10.1. The van der Waals surface area contributed by atoms with Crippen molar-refractivity contribution in [3.8, 4) is 0 Å². The molecule has 0 aromatic heterocycles. The summed E-state index contributed by atoms with van der Waals surface area (Å²) in [5, 5.41) is 11.3. The van der Waals surface area contributed by atoms with Gasteiger partial charge in [0.1, 0.15) is 6.29 Å². The molecule has 1 unspecified atom stereocenters. The van der Waals surface area contributed by atoms with Gasteiger partial charge in [-0.15, -0.1) is 0 Å². The van der Waals surface area contributed by atoms with Crippen LogP contribution in [-0.4, -0.2) is 29.8 Å². The lowest BCUT2D eigenvalue weighted by Crippen LogP contribution is -2.32. The van der Waals surface area contributed by atoms with E-state index < -0.39 is 6.04 Å². The van der Waals surface area contributed by atoms with Crippen LogP contribution in [0, 0.1) is 0 Å². The van der Waals surface area contributed by atoms with Gasteiger partial charge < -0.3 is 15.7 Å². The Morgan fingerprint density at radius 2 is 2.12 bits per heavy atom. The summed E-state index contributed by atoms with van der Waals surface area (Å²) in [6.07, 6.45) is 2.31. The Kier molecular flexibility index (Phi) is 4.21. The molecule has 1 aromatic rings. The highest BCUT2D eigenvalue weighted by Gasteiger charge is 2.13. The van der Waals surface area contributed by atoms with Gasteiger partial charge in [0.2, 0.25) is 0 Å². The van der Waals surface area contributed by atoms with Gasteiger partial charge in [0.05, 0.1) is 6.04 Å². The molecular formula is C11H12N3O3. The Morgan fingerprint density at radius 1 is 1.53 bits per heavy atom. The van der Waals surface area contributed by atoms with Crippen LogP contribution in [0.2, 0.25) is 0 Å². The van der Waals surface area contributed by atoms with Gasteiger partial charge >= 0.3 is 6.41 Å². The van der Waals surface area contributed by atoms with Gasteiger partial charge in [-0.1, -0.05) is 5.16 Å². The number of nitrogens with zero attached hydrogens (tertiary/aromatic N) is 2. The Balaban J connectivity index is 3.00. The third-order valence-electron chi connectivity index (χ3n) is 2.25. The molecular weight excluding hydrogens is 222 g/mol. The molecule has 1 atom stereocenters. The Labute approximate surface area is 98.3 Å². The summed E-state index contributed by atoms with van der Waals surface area (Å²) in [6.45, 7) is 1.58. The SMILES string of the molecule is CC(C=O)N([C]=O)c1ccc(C(N)=NO)cc1. The van der Waals surface area contributed by atoms with E-state index in [0.29, 0.717) is 17.5 Å². The summed E-state index contributed by atoms with van der Waals surface area (Å²) < 4.78 is 0. The van der Waals surface area contributed by atoms with Gasteiger partial charge in [-0.25, -0.2) is 0 Å². The maximum absolute atomic E-state index is 10.7. The van der Waals surface area contributed by atoms with Crippen LogP contribution < -0.4 is 10.6 Å². The molecule has 1 aromatic carbocycles. The molecule has 0 fully saturated rings. The van der Waals surface area contributed by atoms with Gasteiger partial charge in [-0.2, -0.15) is 0 Å². The van der Waals surface area contributed by atoms with Crippen molar-refractivity contribution in [1.29, 1.82) is 0 Å². The number of oxime groups is 1. The highest BCUT2D eigenvalue weighted by Crippen LogP contribution is 2.15. The van der Waals surface area contributed by atoms with Crippen LogP contribution in [0.4, 0.5) is 5.69 Å². The van der Waals surface area contributed by atoms with Crippen molar-refractivity contribution in [2.45, 2.75) is 13.0 Å². The van der Waals surface area contributed by atoms with Gasteiger partial charge in [0.15, 0.2) is 5.84 Å². The molecule has 0 heterocycles. The normalized spacial score (nSPS) is 12.9. The van der Waals surface area contributed by atoms with Gasteiger partial charge in [-0.3, -0.25) is 9.69 Å². The first-order valence-corrected chi connectivity index (χ1v) is 4.84. The van der Waals surface area contributed by atoms with E-state index in [1.165, 1.54) is 0 Å². The van der Waals surface area contributed by atoms with Crippen LogP contribution >= 0.6 is 0 Å². The number of amides is 1. The lowest BCUT2D eigenvalue weighted by molar-refractivity contribution is -0.108. The molecule has 0 aliphatic heterocycles. The van der Waals surface area contributed by atoms with Crippen molar-refractivity contribution in [1.82, 2.24) is 0 Å². The van der Waals surface area contributed by atoms with Crippen molar-refractivity contribution >= 4 is 24.2 Å². The fourth-order valence-electron chi connectivity index (χ4n) is 1.28. The number of carbonyl (C=O) groups excluding carboxylic acids is 2. The van der Waals surface area contributed by atoms with Crippen molar-refractivity contribution < 1.29 is 14.8 Å². The van der Waals surface area contributed by atoms with E-state index in [9.17, 15) is 9.59 Å². The summed E-state index contributed by atoms with van der Waals surface area (Å²) in [6, 6.07) is 5.72. The lowest BCUT2D eigenvalue weighted by Gasteiger charge is -2.19. The molecule has 6 nitrogen and oxygen atoms in total. The predicted octanol–water partition coefficient (Wildman–Crippen LogP) is 0.242. The number of amidine groups is 1. The summed E-state index contributed by atoms with van der Waals surface area (Å²) in [5.41, 5.74) is 6.41. The number of carbonyl (C=O) groups is 1. The summed E-state index contributed by atoms with van der Waals surface area (Å²) in [5.74, 6) is -0.0263. The molecule has 0 spiro atoms. The fraction of sp³-hybridized carbons (Fsp3) is 0.182. The largest absolute Gasteiger partial charge is 0.409 e. The van der Waals surface area contributed by atoms with Crippen LogP contribution in [0.15, 0.2) is 29.4 Å². The first kappa shape index (κ1) is 12.7. The maximum Gasteiger partial charge on any atom is 0.317 e. The molecule has 0 aliphatic carbocycles. The van der Waals surface area contributed by atoms with E-state index in [2.05, 4.69) is 5.16 Å². The van der Waals surface area contributed by atoms with E-state index in [1.807, 2.05) is 0 Å². The van der Waals surface area contributed by atoms with E-state index in [4.69, 9.17) is 10.9 Å². The number of aldehydes is 1. The van der Waals surface area contributed by atoms with E-state index >= 15 is 0 Å². The highest BCUT2D eigenvalue weighted by molar-refractivity contribution is 5.97. The number of nitrogens with two attached hydrogens (primary N) is 1. The number of hydrogen-bond acceptors (Lipinski definition) is 4. The van der Waals surface area contributed by atoms with Gasteiger partial charge in [0.25, 0.3) is 0 Å². The minimum Gasteiger partial charge on any atom is -0.409 e. The minimum atomic E-state index is -0.595. The Bertz CT molecular complexity index is 428. The number of benzene rings is 1. The molecule has 1 radical (unpaired) electrons. The summed E-state index contributed by atoms with van der Waals surface area (Å²) in [4.78, 5) is 22.5. The average Bonchev–Trinajstić information content (AvgIpc) is 2.39. The Hall–Kier alpha value is -2.37. The second kappa shape index (κ2) is 5.64. The van der Waals surface area contributed by atoms with Crippen LogP contribution in [0.3, 0.4) is 0 Å².